The number of hydrogen-bond acceptors (Lipinski definition) is 3. The summed E-state index contributed by atoms with van der Waals surface area (Å²) >= 11 is 1.67. The van der Waals surface area contributed by atoms with Gasteiger partial charge in [0.1, 0.15) is 5.25 Å². The van der Waals surface area contributed by atoms with Crippen LogP contribution >= 0.6 is 11.8 Å². The third-order valence-electron chi connectivity index (χ3n) is 3.67. The lowest BCUT2D eigenvalue weighted by Crippen LogP contribution is -2.20. The summed E-state index contributed by atoms with van der Waals surface area (Å²) < 4.78 is 5.13. The summed E-state index contributed by atoms with van der Waals surface area (Å²) in [5, 5.41) is -0.0306. The van der Waals surface area contributed by atoms with Crippen molar-refractivity contribution < 1.29 is 9.53 Å². The van der Waals surface area contributed by atoms with E-state index in [0.29, 0.717) is 6.61 Å². The Kier molecular flexibility index (Phi) is 19.7. The SMILES string of the molecule is CC/C=C\C/C=C\C/C=C\C/C=C\C/C=C\CCC(SCC)C(=O)OCC. The van der Waals surface area contributed by atoms with Gasteiger partial charge in [0.2, 0.25) is 0 Å². The molecule has 2 nitrogen and oxygen atoms in total. The van der Waals surface area contributed by atoms with Crippen LogP contribution in [0.2, 0.25) is 0 Å². The number of esters is 1. The van der Waals surface area contributed by atoms with Crippen molar-refractivity contribution in [3.05, 3.63) is 60.8 Å². The number of rotatable bonds is 16. The second-order valence-corrected chi connectivity index (χ2v) is 7.46. The summed E-state index contributed by atoms with van der Waals surface area (Å²) in [4.78, 5) is 11.8. The van der Waals surface area contributed by atoms with Crippen molar-refractivity contribution in [3.63, 3.8) is 0 Å². The fourth-order valence-corrected chi connectivity index (χ4v) is 3.23. The number of carbonyl (C=O) groups is 1. The fraction of sp³-hybridized carbons (Fsp3) is 0.542. The molecule has 0 aliphatic heterocycles. The first-order valence-electron chi connectivity index (χ1n) is 10.3. The van der Waals surface area contributed by atoms with E-state index >= 15 is 0 Å². The molecule has 0 amide bonds. The second-order valence-electron chi connectivity index (χ2n) is 5.98. The van der Waals surface area contributed by atoms with Crippen LogP contribution in [0.25, 0.3) is 0 Å². The second kappa shape index (κ2) is 20.8. The third kappa shape index (κ3) is 17.7. The van der Waals surface area contributed by atoms with E-state index < -0.39 is 0 Å². The van der Waals surface area contributed by atoms with Crippen molar-refractivity contribution in [2.45, 2.75) is 71.0 Å². The molecule has 152 valence electrons. The van der Waals surface area contributed by atoms with Crippen LogP contribution in [0, 0.1) is 0 Å². The normalized spacial score (nSPS) is 13.7. The van der Waals surface area contributed by atoms with Gasteiger partial charge in [-0.25, -0.2) is 0 Å². The van der Waals surface area contributed by atoms with Crippen molar-refractivity contribution in [3.8, 4) is 0 Å². The lowest BCUT2D eigenvalue weighted by atomic mass is 10.2. The van der Waals surface area contributed by atoms with Crippen LogP contribution in [0.15, 0.2) is 60.8 Å². The Bertz CT molecular complexity index is 487. The highest BCUT2D eigenvalue weighted by Crippen LogP contribution is 2.18. The van der Waals surface area contributed by atoms with Crippen LogP contribution < -0.4 is 0 Å². The Morgan fingerprint density at radius 2 is 1.26 bits per heavy atom. The standard InChI is InChI=1S/C24H38O2S/c1-4-7-8-9-10-11-12-13-14-15-16-17-18-19-20-21-22-23(27-6-3)24(25)26-5-2/h7-8,10-11,13-14,16-17,19-20,23H,4-6,9,12,15,18,21-22H2,1-3H3/b8-7-,11-10-,14-13-,17-16-,20-19-. The Hall–Kier alpha value is -1.48. The zero-order valence-electron chi connectivity index (χ0n) is 17.4. The van der Waals surface area contributed by atoms with Gasteiger partial charge in [0.05, 0.1) is 6.61 Å². The molecule has 0 saturated carbocycles. The van der Waals surface area contributed by atoms with E-state index in [0.717, 1.165) is 50.7 Å². The van der Waals surface area contributed by atoms with E-state index in [2.05, 4.69) is 74.6 Å². The van der Waals surface area contributed by atoms with Crippen molar-refractivity contribution >= 4 is 17.7 Å². The van der Waals surface area contributed by atoms with E-state index in [-0.39, 0.29) is 11.2 Å². The van der Waals surface area contributed by atoms with Crippen LogP contribution in [0.1, 0.15) is 65.7 Å². The number of carbonyl (C=O) groups excluding carboxylic acids is 1. The molecule has 0 heterocycles. The Balaban J connectivity index is 3.78. The molecular weight excluding hydrogens is 352 g/mol. The van der Waals surface area contributed by atoms with E-state index in [1.807, 2.05) is 6.92 Å². The molecular formula is C24H38O2S. The van der Waals surface area contributed by atoms with Gasteiger partial charge < -0.3 is 4.74 Å². The van der Waals surface area contributed by atoms with Gasteiger partial charge in [-0.3, -0.25) is 4.79 Å². The molecule has 0 aromatic rings. The highest BCUT2D eigenvalue weighted by molar-refractivity contribution is 8.00. The largest absolute Gasteiger partial charge is 0.465 e. The molecule has 27 heavy (non-hydrogen) atoms. The molecule has 0 aromatic carbocycles. The quantitative estimate of drug-likeness (QED) is 0.206. The highest BCUT2D eigenvalue weighted by atomic mass is 32.2. The molecule has 1 unspecified atom stereocenters. The summed E-state index contributed by atoms with van der Waals surface area (Å²) in [5.41, 5.74) is 0. The van der Waals surface area contributed by atoms with Gasteiger partial charge in [-0.2, -0.15) is 0 Å². The molecule has 0 N–H and O–H groups in total. The van der Waals surface area contributed by atoms with E-state index in [1.165, 1.54) is 0 Å². The Labute approximate surface area is 171 Å². The molecule has 3 heteroatoms. The molecule has 1 atom stereocenters. The van der Waals surface area contributed by atoms with Crippen molar-refractivity contribution in [1.82, 2.24) is 0 Å². The van der Waals surface area contributed by atoms with Gasteiger partial charge in [0.15, 0.2) is 0 Å². The van der Waals surface area contributed by atoms with Crippen LogP contribution in [-0.4, -0.2) is 23.6 Å². The van der Waals surface area contributed by atoms with Gasteiger partial charge in [-0.1, -0.05) is 74.6 Å². The molecule has 0 radical (unpaired) electrons. The minimum absolute atomic E-state index is 0.0306. The molecule has 0 aliphatic carbocycles. The predicted octanol–water partition coefficient (Wildman–Crippen LogP) is 7.20. The van der Waals surface area contributed by atoms with Crippen LogP contribution in [0.3, 0.4) is 0 Å². The number of ether oxygens (including phenoxy) is 1. The first-order chi connectivity index (χ1) is 13.3. The zero-order chi connectivity index (χ0) is 20.0. The van der Waals surface area contributed by atoms with Gasteiger partial charge in [-0.15, -0.1) is 11.8 Å². The maximum Gasteiger partial charge on any atom is 0.319 e. The predicted molar refractivity (Wildman–Crippen MR) is 122 cm³/mol. The summed E-state index contributed by atoms with van der Waals surface area (Å²) in [5.74, 6) is 0.867. The van der Waals surface area contributed by atoms with E-state index in [4.69, 9.17) is 4.74 Å². The summed E-state index contributed by atoms with van der Waals surface area (Å²) in [6, 6.07) is 0. The molecule has 0 rings (SSSR count). The van der Waals surface area contributed by atoms with Crippen molar-refractivity contribution in [2.75, 3.05) is 12.4 Å². The topological polar surface area (TPSA) is 26.3 Å². The average Bonchev–Trinajstić information content (AvgIpc) is 2.67. The molecule has 0 saturated heterocycles. The first kappa shape index (κ1) is 25.5. The number of allylic oxidation sites excluding steroid dienone is 10. The molecule has 0 aromatic heterocycles. The van der Waals surface area contributed by atoms with Gasteiger partial charge in [-0.05, 0) is 57.6 Å². The first-order valence-corrected chi connectivity index (χ1v) is 11.3. The third-order valence-corrected chi connectivity index (χ3v) is 4.83. The van der Waals surface area contributed by atoms with Gasteiger partial charge >= 0.3 is 5.97 Å². The van der Waals surface area contributed by atoms with E-state index in [9.17, 15) is 4.79 Å². The molecule has 0 aliphatic rings. The minimum Gasteiger partial charge on any atom is -0.465 e. The lowest BCUT2D eigenvalue weighted by Gasteiger charge is -2.12. The molecule has 0 bridgehead atoms. The van der Waals surface area contributed by atoms with Crippen LogP contribution in [-0.2, 0) is 9.53 Å². The monoisotopic (exact) mass is 390 g/mol. The van der Waals surface area contributed by atoms with Crippen molar-refractivity contribution in [1.29, 1.82) is 0 Å². The number of hydrogen-bond donors (Lipinski definition) is 0. The van der Waals surface area contributed by atoms with E-state index in [1.54, 1.807) is 11.8 Å². The maximum atomic E-state index is 11.8. The number of thioether (sulfide) groups is 1. The van der Waals surface area contributed by atoms with Crippen LogP contribution in [0.4, 0.5) is 0 Å². The maximum absolute atomic E-state index is 11.8. The minimum atomic E-state index is -0.0725. The van der Waals surface area contributed by atoms with Gasteiger partial charge in [0.25, 0.3) is 0 Å². The van der Waals surface area contributed by atoms with Gasteiger partial charge in [0, 0.05) is 0 Å². The smallest absolute Gasteiger partial charge is 0.319 e. The average molecular weight is 391 g/mol. The summed E-state index contributed by atoms with van der Waals surface area (Å²) in [6.07, 6.45) is 28.8. The Morgan fingerprint density at radius 1 is 0.778 bits per heavy atom. The van der Waals surface area contributed by atoms with Crippen molar-refractivity contribution in [2.24, 2.45) is 0 Å². The lowest BCUT2D eigenvalue weighted by molar-refractivity contribution is -0.142. The Morgan fingerprint density at radius 3 is 1.70 bits per heavy atom. The highest BCUT2D eigenvalue weighted by Gasteiger charge is 2.18. The summed E-state index contributed by atoms with van der Waals surface area (Å²) in [6.45, 7) is 6.55. The molecule has 0 fully saturated rings. The van der Waals surface area contributed by atoms with Crippen LogP contribution in [0.5, 0.6) is 0 Å². The zero-order valence-corrected chi connectivity index (χ0v) is 18.3. The fourth-order valence-electron chi connectivity index (χ4n) is 2.32. The summed E-state index contributed by atoms with van der Waals surface area (Å²) in [7, 11) is 0. The molecule has 0 spiro atoms.